The quantitative estimate of drug-likeness (QED) is 0.885. The fourth-order valence-electron chi connectivity index (χ4n) is 1.04. The monoisotopic (exact) mass is 278 g/mol. The van der Waals surface area contributed by atoms with Gasteiger partial charge < -0.3 is 11.1 Å². The van der Waals surface area contributed by atoms with Crippen LogP contribution in [0.1, 0.15) is 39.1 Å². The zero-order valence-electron chi connectivity index (χ0n) is 10.5. The van der Waals surface area contributed by atoms with E-state index < -0.39 is 0 Å². The molecule has 1 aromatic rings. The summed E-state index contributed by atoms with van der Waals surface area (Å²) >= 11 is 1.40. The van der Waals surface area contributed by atoms with Gasteiger partial charge in [0, 0.05) is 17.9 Å². The molecule has 17 heavy (non-hydrogen) atoms. The molecule has 0 aliphatic heterocycles. The van der Waals surface area contributed by atoms with Gasteiger partial charge in [-0.1, -0.05) is 32.1 Å². The van der Waals surface area contributed by atoms with Crippen LogP contribution in [-0.4, -0.2) is 22.1 Å². The molecule has 0 aromatic carbocycles. The van der Waals surface area contributed by atoms with Gasteiger partial charge in [0.15, 0.2) is 0 Å². The Kier molecular flexibility index (Phi) is 6.01. The van der Waals surface area contributed by atoms with Crippen LogP contribution < -0.4 is 11.1 Å². The van der Waals surface area contributed by atoms with E-state index in [1.54, 1.807) is 6.92 Å². The molecule has 0 spiro atoms. The number of nitrogens with zero attached hydrogens (tertiary/aromatic N) is 2. The van der Waals surface area contributed by atoms with Gasteiger partial charge in [0.2, 0.25) is 11.0 Å². The molecule has 1 atom stereocenters. The van der Waals surface area contributed by atoms with Crippen LogP contribution in [0, 0.1) is 0 Å². The Morgan fingerprint density at radius 3 is 2.47 bits per heavy atom. The van der Waals surface area contributed by atoms with Gasteiger partial charge in [-0.25, -0.2) is 0 Å². The molecule has 0 saturated heterocycles. The van der Waals surface area contributed by atoms with E-state index in [0.717, 1.165) is 5.01 Å². The molecule has 7 heteroatoms. The van der Waals surface area contributed by atoms with Crippen LogP contribution in [0.4, 0.5) is 5.13 Å². The van der Waals surface area contributed by atoms with Crippen LogP contribution in [0.25, 0.3) is 0 Å². The minimum atomic E-state index is -0.144. The third-order valence-corrected chi connectivity index (χ3v) is 3.08. The first-order valence-corrected chi connectivity index (χ1v) is 6.00. The number of nitrogens with one attached hydrogen (secondary N) is 1. The lowest BCUT2D eigenvalue weighted by molar-refractivity contribution is -0.116. The first kappa shape index (κ1) is 16.3. The lowest BCUT2D eigenvalue weighted by atomic mass is 9.98. The molecule has 1 amide bonds. The first-order valence-electron chi connectivity index (χ1n) is 5.18. The number of hydrogen-bond donors (Lipinski definition) is 2. The van der Waals surface area contributed by atoms with E-state index in [1.807, 2.05) is 0 Å². The topological polar surface area (TPSA) is 80.9 Å². The minimum Gasteiger partial charge on any atom is -0.327 e. The van der Waals surface area contributed by atoms with E-state index in [-0.39, 0.29) is 29.8 Å². The largest absolute Gasteiger partial charge is 0.327 e. The van der Waals surface area contributed by atoms with Crippen molar-refractivity contribution < 1.29 is 4.79 Å². The Balaban J connectivity index is 0.00000256. The molecule has 98 valence electrons. The summed E-state index contributed by atoms with van der Waals surface area (Å²) in [5.41, 5.74) is 5.49. The maximum absolute atomic E-state index is 11.4. The normalized spacial score (nSPS) is 12.8. The molecule has 1 unspecified atom stereocenters. The van der Waals surface area contributed by atoms with Crippen molar-refractivity contribution in [1.82, 2.24) is 10.2 Å². The van der Waals surface area contributed by atoms with Gasteiger partial charge in [0.25, 0.3) is 0 Å². The molecule has 1 heterocycles. The molecule has 0 bridgehead atoms. The molecule has 0 aliphatic carbocycles. The number of rotatable bonds is 3. The fraction of sp³-hybridized carbons (Fsp3) is 0.700. The molecule has 0 radical (unpaired) electrons. The average Bonchev–Trinajstić information content (AvgIpc) is 2.49. The third-order valence-electron chi connectivity index (χ3n) is 1.82. The summed E-state index contributed by atoms with van der Waals surface area (Å²) in [5.74, 6) is -0.119. The molecule has 3 N–H and O–H groups in total. The lowest BCUT2D eigenvalue weighted by Gasteiger charge is -2.12. The van der Waals surface area contributed by atoms with Gasteiger partial charge in [-0.15, -0.1) is 22.6 Å². The SMILES string of the molecule is CC(N)CC(=O)Nc1nnc(C(C)(C)C)s1.Cl. The highest BCUT2D eigenvalue weighted by Crippen LogP contribution is 2.27. The number of amides is 1. The second-order valence-electron chi connectivity index (χ2n) is 4.89. The summed E-state index contributed by atoms with van der Waals surface area (Å²) in [6.45, 7) is 7.96. The Hall–Kier alpha value is -0.720. The Labute approximate surface area is 112 Å². The summed E-state index contributed by atoms with van der Waals surface area (Å²) in [6, 6.07) is -0.144. The van der Waals surface area contributed by atoms with Crippen molar-refractivity contribution >= 4 is 34.8 Å². The van der Waals surface area contributed by atoms with Crippen molar-refractivity contribution in [3.05, 3.63) is 5.01 Å². The number of nitrogens with two attached hydrogens (primary N) is 1. The Morgan fingerprint density at radius 1 is 1.47 bits per heavy atom. The Morgan fingerprint density at radius 2 is 2.06 bits per heavy atom. The second-order valence-corrected chi connectivity index (χ2v) is 5.87. The van der Waals surface area contributed by atoms with Gasteiger partial charge in [-0.3, -0.25) is 4.79 Å². The number of hydrogen-bond acceptors (Lipinski definition) is 5. The summed E-state index contributed by atoms with van der Waals surface area (Å²) < 4.78 is 0. The zero-order chi connectivity index (χ0) is 12.3. The average molecular weight is 279 g/mol. The van der Waals surface area contributed by atoms with Gasteiger partial charge in [-0.05, 0) is 6.92 Å². The molecule has 0 saturated carbocycles. The first-order chi connectivity index (χ1) is 7.29. The van der Waals surface area contributed by atoms with Gasteiger partial charge in [0.1, 0.15) is 5.01 Å². The Bertz CT molecular complexity index is 373. The standard InChI is InChI=1S/C10H18N4OS.ClH/c1-6(11)5-7(15)12-9-14-13-8(16-9)10(2,3)4;/h6H,5,11H2,1-4H3,(H,12,14,15);1H. The van der Waals surface area contributed by atoms with Crippen LogP contribution in [0.2, 0.25) is 0 Å². The van der Waals surface area contributed by atoms with Crippen molar-refractivity contribution in [2.45, 2.75) is 45.6 Å². The predicted octanol–water partition coefficient (Wildman–Crippen LogP) is 1.93. The van der Waals surface area contributed by atoms with Gasteiger partial charge in [0.05, 0.1) is 0 Å². The van der Waals surface area contributed by atoms with E-state index >= 15 is 0 Å². The summed E-state index contributed by atoms with van der Waals surface area (Å²) in [4.78, 5) is 11.4. The van der Waals surface area contributed by atoms with Crippen LogP contribution >= 0.6 is 23.7 Å². The van der Waals surface area contributed by atoms with E-state index in [4.69, 9.17) is 5.73 Å². The van der Waals surface area contributed by atoms with Crippen molar-refractivity contribution in [3.8, 4) is 0 Å². The predicted molar refractivity (Wildman–Crippen MR) is 72.8 cm³/mol. The second kappa shape index (κ2) is 6.28. The minimum absolute atomic E-state index is 0. The number of carbonyl (C=O) groups is 1. The highest BCUT2D eigenvalue weighted by atomic mass is 35.5. The lowest BCUT2D eigenvalue weighted by Crippen LogP contribution is -2.23. The van der Waals surface area contributed by atoms with Gasteiger partial charge in [-0.2, -0.15) is 0 Å². The maximum Gasteiger partial charge on any atom is 0.227 e. The van der Waals surface area contributed by atoms with Crippen molar-refractivity contribution in [2.24, 2.45) is 5.73 Å². The summed E-state index contributed by atoms with van der Waals surface area (Å²) in [6.07, 6.45) is 0.296. The number of halogens is 1. The number of carbonyl (C=O) groups excluding carboxylic acids is 1. The summed E-state index contributed by atoms with van der Waals surface area (Å²) in [7, 11) is 0. The molecule has 1 rings (SSSR count). The summed E-state index contributed by atoms with van der Waals surface area (Å²) in [5, 5.41) is 12.1. The van der Waals surface area contributed by atoms with Crippen molar-refractivity contribution in [3.63, 3.8) is 0 Å². The number of anilines is 1. The molecule has 0 aliphatic rings. The highest BCUT2D eigenvalue weighted by molar-refractivity contribution is 7.15. The zero-order valence-corrected chi connectivity index (χ0v) is 12.1. The third kappa shape index (κ3) is 5.43. The van der Waals surface area contributed by atoms with Crippen molar-refractivity contribution in [2.75, 3.05) is 5.32 Å². The molecule has 5 nitrogen and oxygen atoms in total. The molecular formula is C10H19ClN4OS. The van der Waals surface area contributed by atoms with Gasteiger partial charge >= 0.3 is 0 Å². The smallest absolute Gasteiger partial charge is 0.227 e. The molecule has 0 fully saturated rings. The van der Waals surface area contributed by atoms with Crippen LogP contribution in [0.15, 0.2) is 0 Å². The number of aromatic nitrogens is 2. The van der Waals surface area contributed by atoms with Crippen LogP contribution in [0.5, 0.6) is 0 Å². The van der Waals surface area contributed by atoms with Crippen molar-refractivity contribution in [1.29, 1.82) is 0 Å². The van der Waals surface area contributed by atoms with E-state index in [2.05, 4.69) is 36.3 Å². The van der Waals surface area contributed by atoms with Crippen LogP contribution in [-0.2, 0) is 10.2 Å². The molecule has 1 aromatic heterocycles. The van der Waals surface area contributed by atoms with E-state index in [1.165, 1.54) is 11.3 Å². The highest BCUT2D eigenvalue weighted by Gasteiger charge is 2.20. The van der Waals surface area contributed by atoms with E-state index in [0.29, 0.717) is 11.6 Å². The molecular weight excluding hydrogens is 260 g/mol. The van der Waals surface area contributed by atoms with Crippen LogP contribution in [0.3, 0.4) is 0 Å². The fourth-order valence-corrected chi connectivity index (χ4v) is 1.86. The maximum atomic E-state index is 11.4. The van der Waals surface area contributed by atoms with E-state index in [9.17, 15) is 4.79 Å².